The molecule has 0 unspecified atom stereocenters. The van der Waals surface area contributed by atoms with Crippen molar-refractivity contribution in [3.05, 3.63) is 78.9 Å². The molecule has 0 bridgehead atoms. The van der Waals surface area contributed by atoms with E-state index in [1.165, 1.54) is 0 Å². The SMILES string of the molecule is COc1ccc(Nc2nc(Nc3ccc(OC)cc3)nc(N[C@H](C)C(=O)Nc3ccccc3)n2)cc1. The molecule has 10 nitrogen and oxygen atoms in total. The van der Waals surface area contributed by atoms with Crippen LogP contribution in [0.2, 0.25) is 0 Å². The monoisotopic (exact) mass is 485 g/mol. The summed E-state index contributed by atoms with van der Waals surface area (Å²) in [5, 5.41) is 12.2. The van der Waals surface area contributed by atoms with E-state index in [0.29, 0.717) is 17.6 Å². The molecule has 4 aromatic rings. The number of para-hydroxylation sites is 1. The smallest absolute Gasteiger partial charge is 0.246 e. The van der Waals surface area contributed by atoms with Crippen LogP contribution in [-0.2, 0) is 4.79 Å². The third-order valence-corrected chi connectivity index (χ3v) is 5.11. The molecular weight excluding hydrogens is 458 g/mol. The van der Waals surface area contributed by atoms with Crippen molar-refractivity contribution >= 4 is 40.8 Å². The van der Waals surface area contributed by atoms with Gasteiger partial charge in [0.05, 0.1) is 14.2 Å². The van der Waals surface area contributed by atoms with Gasteiger partial charge in [-0.3, -0.25) is 4.79 Å². The average Bonchev–Trinajstić information content (AvgIpc) is 2.90. The number of anilines is 6. The summed E-state index contributed by atoms with van der Waals surface area (Å²) in [6, 6.07) is 23.3. The molecule has 3 aromatic carbocycles. The molecule has 4 N–H and O–H groups in total. The summed E-state index contributed by atoms with van der Waals surface area (Å²) >= 11 is 0. The Balaban J connectivity index is 1.55. The molecule has 1 aromatic heterocycles. The minimum Gasteiger partial charge on any atom is -0.497 e. The van der Waals surface area contributed by atoms with Crippen molar-refractivity contribution in [2.75, 3.05) is 35.5 Å². The van der Waals surface area contributed by atoms with Gasteiger partial charge in [0.2, 0.25) is 23.8 Å². The Morgan fingerprint density at radius 3 is 1.61 bits per heavy atom. The topological polar surface area (TPSA) is 122 Å². The van der Waals surface area contributed by atoms with E-state index in [0.717, 1.165) is 22.9 Å². The summed E-state index contributed by atoms with van der Waals surface area (Å²) in [5.41, 5.74) is 2.23. The number of carbonyl (C=O) groups is 1. The van der Waals surface area contributed by atoms with Crippen LogP contribution in [-0.4, -0.2) is 41.1 Å². The number of aromatic nitrogens is 3. The lowest BCUT2D eigenvalue weighted by atomic mass is 10.2. The molecule has 10 heteroatoms. The fourth-order valence-electron chi connectivity index (χ4n) is 3.19. The zero-order valence-electron chi connectivity index (χ0n) is 20.1. The molecule has 1 atom stereocenters. The molecule has 1 heterocycles. The normalized spacial score (nSPS) is 11.2. The van der Waals surface area contributed by atoms with E-state index < -0.39 is 6.04 Å². The Kier molecular flexibility index (Phi) is 7.76. The average molecular weight is 486 g/mol. The van der Waals surface area contributed by atoms with Crippen molar-refractivity contribution < 1.29 is 14.3 Å². The van der Waals surface area contributed by atoms with Gasteiger partial charge in [-0.25, -0.2) is 0 Å². The van der Waals surface area contributed by atoms with Crippen LogP contribution in [0.3, 0.4) is 0 Å². The van der Waals surface area contributed by atoms with E-state index in [1.807, 2.05) is 78.9 Å². The molecule has 0 spiro atoms. The van der Waals surface area contributed by atoms with E-state index in [9.17, 15) is 4.79 Å². The first-order valence-corrected chi connectivity index (χ1v) is 11.2. The van der Waals surface area contributed by atoms with Gasteiger partial charge in [-0.05, 0) is 67.6 Å². The number of nitrogens with zero attached hydrogens (tertiary/aromatic N) is 3. The predicted molar refractivity (Wildman–Crippen MR) is 141 cm³/mol. The second-order valence-electron chi connectivity index (χ2n) is 7.73. The molecule has 1 amide bonds. The van der Waals surface area contributed by atoms with Crippen LogP contribution in [0.4, 0.5) is 34.9 Å². The summed E-state index contributed by atoms with van der Waals surface area (Å²) in [4.78, 5) is 26.1. The van der Waals surface area contributed by atoms with E-state index in [4.69, 9.17) is 9.47 Å². The highest BCUT2D eigenvalue weighted by Crippen LogP contribution is 2.22. The van der Waals surface area contributed by atoms with Gasteiger partial charge in [0.25, 0.3) is 0 Å². The van der Waals surface area contributed by atoms with Gasteiger partial charge in [-0.1, -0.05) is 18.2 Å². The summed E-state index contributed by atoms with van der Waals surface area (Å²) in [6.45, 7) is 1.73. The third-order valence-electron chi connectivity index (χ3n) is 5.11. The zero-order chi connectivity index (χ0) is 25.3. The minimum absolute atomic E-state index is 0.226. The molecule has 0 aliphatic heterocycles. The second kappa shape index (κ2) is 11.5. The lowest BCUT2D eigenvalue weighted by Gasteiger charge is -2.16. The Labute approximate surface area is 209 Å². The second-order valence-corrected chi connectivity index (χ2v) is 7.73. The van der Waals surface area contributed by atoms with Gasteiger partial charge in [-0.15, -0.1) is 0 Å². The molecular formula is C26H27N7O3. The third kappa shape index (κ3) is 6.60. The maximum Gasteiger partial charge on any atom is 0.246 e. The zero-order valence-corrected chi connectivity index (χ0v) is 20.1. The van der Waals surface area contributed by atoms with Crippen LogP contribution < -0.4 is 30.7 Å². The van der Waals surface area contributed by atoms with Gasteiger partial charge >= 0.3 is 0 Å². The molecule has 4 rings (SSSR count). The van der Waals surface area contributed by atoms with Crippen molar-refractivity contribution in [2.24, 2.45) is 0 Å². The molecule has 0 fully saturated rings. The van der Waals surface area contributed by atoms with Crippen molar-refractivity contribution in [1.82, 2.24) is 15.0 Å². The Morgan fingerprint density at radius 2 is 1.14 bits per heavy atom. The first-order chi connectivity index (χ1) is 17.5. The molecule has 0 saturated carbocycles. The fraction of sp³-hybridized carbons (Fsp3) is 0.154. The predicted octanol–water partition coefficient (Wildman–Crippen LogP) is 4.82. The molecule has 36 heavy (non-hydrogen) atoms. The van der Waals surface area contributed by atoms with Gasteiger partial charge in [0, 0.05) is 17.1 Å². The number of carbonyl (C=O) groups excluding carboxylic acids is 1. The number of amides is 1. The van der Waals surface area contributed by atoms with E-state index in [2.05, 4.69) is 36.2 Å². The number of hydrogen-bond donors (Lipinski definition) is 4. The summed E-state index contributed by atoms with van der Waals surface area (Å²) in [7, 11) is 3.22. The summed E-state index contributed by atoms with van der Waals surface area (Å²) < 4.78 is 10.4. The van der Waals surface area contributed by atoms with Crippen LogP contribution in [0.25, 0.3) is 0 Å². The number of hydrogen-bond acceptors (Lipinski definition) is 9. The van der Waals surface area contributed by atoms with E-state index in [-0.39, 0.29) is 11.9 Å². The number of benzene rings is 3. The Bertz CT molecular complexity index is 1220. The highest BCUT2D eigenvalue weighted by Gasteiger charge is 2.16. The maximum absolute atomic E-state index is 12.7. The summed E-state index contributed by atoms with van der Waals surface area (Å²) in [6.07, 6.45) is 0. The number of ether oxygens (including phenoxy) is 2. The first-order valence-electron chi connectivity index (χ1n) is 11.2. The molecule has 0 aliphatic carbocycles. The standard InChI is InChI=1S/C26H27N7O3/c1-17(23(34)28-18-7-5-4-6-8-18)27-24-31-25(29-19-9-13-21(35-2)14-10-19)33-26(32-24)30-20-11-15-22(36-3)16-12-20/h4-17H,1-3H3,(H,28,34)(H3,27,29,30,31,32,33)/t17-/m1/s1. The van der Waals surface area contributed by atoms with Gasteiger partial charge in [0.1, 0.15) is 17.5 Å². The molecule has 0 saturated heterocycles. The lowest BCUT2D eigenvalue weighted by molar-refractivity contribution is -0.116. The van der Waals surface area contributed by atoms with E-state index in [1.54, 1.807) is 21.1 Å². The van der Waals surface area contributed by atoms with Gasteiger partial charge in [0.15, 0.2) is 0 Å². The fourth-order valence-corrected chi connectivity index (χ4v) is 3.19. The van der Waals surface area contributed by atoms with Gasteiger partial charge < -0.3 is 30.7 Å². The Hall–Kier alpha value is -4.86. The Morgan fingerprint density at radius 1 is 0.667 bits per heavy atom. The number of methoxy groups -OCH3 is 2. The van der Waals surface area contributed by atoms with Crippen molar-refractivity contribution in [1.29, 1.82) is 0 Å². The van der Waals surface area contributed by atoms with Crippen LogP contribution in [0.15, 0.2) is 78.9 Å². The van der Waals surface area contributed by atoms with Crippen molar-refractivity contribution in [2.45, 2.75) is 13.0 Å². The highest BCUT2D eigenvalue weighted by molar-refractivity contribution is 5.96. The summed E-state index contributed by atoms with van der Waals surface area (Å²) in [5.74, 6) is 2.06. The molecule has 0 aliphatic rings. The molecule has 184 valence electrons. The van der Waals surface area contributed by atoms with Crippen LogP contribution >= 0.6 is 0 Å². The largest absolute Gasteiger partial charge is 0.497 e. The number of rotatable bonds is 10. The van der Waals surface area contributed by atoms with E-state index >= 15 is 0 Å². The van der Waals surface area contributed by atoms with Crippen LogP contribution in [0, 0.1) is 0 Å². The quantitative estimate of drug-likeness (QED) is 0.250. The van der Waals surface area contributed by atoms with Crippen molar-refractivity contribution in [3.8, 4) is 11.5 Å². The van der Waals surface area contributed by atoms with Gasteiger partial charge in [-0.2, -0.15) is 15.0 Å². The first kappa shape index (κ1) is 24.3. The lowest BCUT2D eigenvalue weighted by Crippen LogP contribution is -2.32. The highest BCUT2D eigenvalue weighted by atomic mass is 16.5. The maximum atomic E-state index is 12.7. The molecule has 0 radical (unpaired) electrons. The number of nitrogens with one attached hydrogen (secondary N) is 4. The van der Waals surface area contributed by atoms with Crippen LogP contribution in [0.1, 0.15) is 6.92 Å². The van der Waals surface area contributed by atoms with Crippen LogP contribution in [0.5, 0.6) is 11.5 Å². The minimum atomic E-state index is -0.615. The van der Waals surface area contributed by atoms with Crippen molar-refractivity contribution in [3.63, 3.8) is 0 Å².